The number of hydrogen-bond donors (Lipinski definition) is 1. The van der Waals surface area contributed by atoms with Crippen LogP contribution in [0.25, 0.3) is 0 Å². The molecule has 88 valence electrons. The van der Waals surface area contributed by atoms with Crippen molar-refractivity contribution in [3.8, 4) is 0 Å². The first-order valence-electron chi connectivity index (χ1n) is 5.51. The Morgan fingerprint density at radius 3 is 2.50 bits per heavy atom. The Morgan fingerprint density at radius 1 is 1.44 bits per heavy atom. The molecule has 0 amide bonds. The molecule has 1 aromatic carbocycles. The van der Waals surface area contributed by atoms with Crippen LogP contribution >= 0.6 is 0 Å². The van der Waals surface area contributed by atoms with Crippen molar-refractivity contribution < 1.29 is 9.90 Å². The summed E-state index contributed by atoms with van der Waals surface area (Å²) in [7, 11) is 3.90. The molecule has 0 aliphatic heterocycles. The average Bonchev–Trinajstić information content (AvgIpc) is 2.26. The molecule has 0 aliphatic rings. The lowest BCUT2D eigenvalue weighted by molar-refractivity contribution is -0.138. The standard InChI is InChI=1S/C13H19NO2/c1-5-10-7-6-8-11(9(2)13(15)16)12(10)14(3)4/h6-9H,5H2,1-4H3,(H,15,16). The van der Waals surface area contributed by atoms with Crippen molar-refractivity contribution in [2.24, 2.45) is 0 Å². The summed E-state index contributed by atoms with van der Waals surface area (Å²) in [6.07, 6.45) is 0.910. The second-order valence-corrected chi connectivity index (χ2v) is 4.16. The van der Waals surface area contributed by atoms with Crippen LogP contribution in [-0.2, 0) is 11.2 Å². The summed E-state index contributed by atoms with van der Waals surface area (Å²) in [5.41, 5.74) is 3.12. The third kappa shape index (κ3) is 2.35. The molecule has 3 nitrogen and oxygen atoms in total. The maximum Gasteiger partial charge on any atom is 0.310 e. The van der Waals surface area contributed by atoms with E-state index in [1.165, 1.54) is 5.56 Å². The monoisotopic (exact) mass is 221 g/mol. The van der Waals surface area contributed by atoms with Crippen LogP contribution in [0.3, 0.4) is 0 Å². The first-order valence-corrected chi connectivity index (χ1v) is 5.51. The zero-order valence-electron chi connectivity index (χ0n) is 10.3. The molecule has 1 aromatic rings. The number of carboxylic acid groups (broad SMARTS) is 1. The van der Waals surface area contributed by atoms with Gasteiger partial charge >= 0.3 is 5.97 Å². The van der Waals surface area contributed by atoms with Gasteiger partial charge in [0, 0.05) is 19.8 Å². The molecule has 0 fully saturated rings. The van der Waals surface area contributed by atoms with E-state index in [1.807, 2.05) is 37.2 Å². The quantitative estimate of drug-likeness (QED) is 0.849. The first kappa shape index (κ1) is 12.6. The van der Waals surface area contributed by atoms with E-state index in [4.69, 9.17) is 5.11 Å². The minimum atomic E-state index is -0.781. The number of carbonyl (C=O) groups is 1. The summed E-state index contributed by atoms with van der Waals surface area (Å²) < 4.78 is 0. The highest BCUT2D eigenvalue weighted by molar-refractivity contribution is 5.79. The molecule has 0 saturated heterocycles. The summed E-state index contributed by atoms with van der Waals surface area (Å²) in [4.78, 5) is 13.0. The highest BCUT2D eigenvalue weighted by Crippen LogP contribution is 2.30. The molecule has 0 spiro atoms. The second-order valence-electron chi connectivity index (χ2n) is 4.16. The van der Waals surface area contributed by atoms with Crippen molar-refractivity contribution in [2.75, 3.05) is 19.0 Å². The molecule has 0 heterocycles. The van der Waals surface area contributed by atoms with Crippen LogP contribution in [0.4, 0.5) is 5.69 Å². The Kier molecular flexibility index (Phi) is 3.93. The zero-order valence-corrected chi connectivity index (χ0v) is 10.3. The molecule has 1 rings (SSSR count). The Hall–Kier alpha value is -1.51. The molecule has 1 N–H and O–H groups in total. The van der Waals surface area contributed by atoms with Crippen LogP contribution in [0.5, 0.6) is 0 Å². The van der Waals surface area contributed by atoms with E-state index in [1.54, 1.807) is 6.92 Å². The van der Waals surface area contributed by atoms with Crippen LogP contribution in [0.2, 0.25) is 0 Å². The van der Waals surface area contributed by atoms with E-state index >= 15 is 0 Å². The fourth-order valence-corrected chi connectivity index (χ4v) is 1.92. The largest absolute Gasteiger partial charge is 0.481 e. The van der Waals surface area contributed by atoms with Gasteiger partial charge in [0.2, 0.25) is 0 Å². The number of carboxylic acids is 1. The van der Waals surface area contributed by atoms with Crippen molar-refractivity contribution in [1.29, 1.82) is 0 Å². The maximum absolute atomic E-state index is 11.1. The number of benzene rings is 1. The van der Waals surface area contributed by atoms with E-state index in [2.05, 4.69) is 6.92 Å². The van der Waals surface area contributed by atoms with E-state index in [0.717, 1.165) is 17.7 Å². The van der Waals surface area contributed by atoms with E-state index in [-0.39, 0.29) is 0 Å². The van der Waals surface area contributed by atoms with Gasteiger partial charge in [0.15, 0.2) is 0 Å². The van der Waals surface area contributed by atoms with E-state index < -0.39 is 11.9 Å². The molecule has 0 radical (unpaired) electrons. The molecule has 3 heteroatoms. The summed E-state index contributed by atoms with van der Waals surface area (Å²) >= 11 is 0. The molecule has 1 atom stereocenters. The molecule has 0 aromatic heterocycles. The van der Waals surface area contributed by atoms with E-state index in [0.29, 0.717) is 0 Å². The molecular formula is C13H19NO2. The molecule has 16 heavy (non-hydrogen) atoms. The lowest BCUT2D eigenvalue weighted by Gasteiger charge is -2.23. The number of aliphatic carboxylic acids is 1. The third-order valence-corrected chi connectivity index (χ3v) is 2.82. The van der Waals surface area contributed by atoms with Crippen LogP contribution in [0, 0.1) is 0 Å². The van der Waals surface area contributed by atoms with Crippen molar-refractivity contribution in [2.45, 2.75) is 26.2 Å². The molecule has 0 bridgehead atoms. The lowest BCUT2D eigenvalue weighted by Crippen LogP contribution is -2.17. The minimum Gasteiger partial charge on any atom is -0.481 e. The van der Waals surface area contributed by atoms with Gasteiger partial charge < -0.3 is 10.0 Å². The van der Waals surface area contributed by atoms with Gasteiger partial charge in [-0.15, -0.1) is 0 Å². The smallest absolute Gasteiger partial charge is 0.310 e. The number of hydrogen-bond acceptors (Lipinski definition) is 2. The predicted molar refractivity (Wildman–Crippen MR) is 66.2 cm³/mol. The zero-order chi connectivity index (χ0) is 12.3. The fourth-order valence-electron chi connectivity index (χ4n) is 1.92. The van der Waals surface area contributed by atoms with E-state index in [9.17, 15) is 4.79 Å². The van der Waals surface area contributed by atoms with Crippen LogP contribution in [0.1, 0.15) is 30.9 Å². The van der Waals surface area contributed by atoms with Gasteiger partial charge in [-0.2, -0.15) is 0 Å². The molecular weight excluding hydrogens is 202 g/mol. The third-order valence-electron chi connectivity index (χ3n) is 2.82. The van der Waals surface area contributed by atoms with Crippen LogP contribution in [0.15, 0.2) is 18.2 Å². The summed E-state index contributed by atoms with van der Waals surface area (Å²) in [5, 5.41) is 9.09. The second kappa shape index (κ2) is 5.01. The summed E-state index contributed by atoms with van der Waals surface area (Å²) in [6.45, 7) is 3.81. The Labute approximate surface area is 96.7 Å². The van der Waals surface area contributed by atoms with Crippen molar-refractivity contribution in [3.05, 3.63) is 29.3 Å². The summed E-state index contributed by atoms with van der Waals surface area (Å²) in [5.74, 6) is -1.25. The molecule has 0 aliphatic carbocycles. The fraction of sp³-hybridized carbons (Fsp3) is 0.462. The molecule has 1 unspecified atom stereocenters. The highest BCUT2D eigenvalue weighted by Gasteiger charge is 2.19. The predicted octanol–water partition coefficient (Wildman–Crippen LogP) is 2.50. The van der Waals surface area contributed by atoms with Crippen molar-refractivity contribution in [1.82, 2.24) is 0 Å². The first-order chi connectivity index (χ1) is 7.49. The highest BCUT2D eigenvalue weighted by atomic mass is 16.4. The van der Waals surface area contributed by atoms with Crippen molar-refractivity contribution in [3.63, 3.8) is 0 Å². The Bertz CT molecular complexity index is 386. The number of nitrogens with zero attached hydrogens (tertiary/aromatic N) is 1. The Balaban J connectivity index is 3.32. The van der Waals surface area contributed by atoms with Gasteiger partial charge in [-0.25, -0.2) is 0 Å². The number of anilines is 1. The molecule has 0 saturated carbocycles. The lowest BCUT2D eigenvalue weighted by atomic mass is 9.95. The number of rotatable bonds is 4. The Morgan fingerprint density at radius 2 is 2.06 bits per heavy atom. The van der Waals surface area contributed by atoms with Gasteiger partial charge in [0.25, 0.3) is 0 Å². The number of aryl methyl sites for hydroxylation is 1. The normalized spacial score (nSPS) is 12.2. The van der Waals surface area contributed by atoms with Gasteiger partial charge in [-0.1, -0.05) is 25.1 Å². The van der Waals surface area contributed by atoms with Crippen molar-refractivity contribution >= 4 is 11.7 Å². The van der Waals surface area contributed by atoms with Gasteiger partial charge in [0.05, 0.1) is 5.92 Å². The number of para-hydroxylation sites is 1. The maximum atomic E-state index is 11.1. The summed E-state index contributed by atoms with van der Waals surface area (Å²) in [6, 6.07) is 5.88. The topological polar surface area (TPSA) is 40.5 Å². The van der Waals surface area contributed by atoms with Crippen LogP contribution < -0.4 is 4.90 Å². The SMILES string of the molecule is CCc1cccc(C(C)C(=O)O)c1N(C)C. The minimum absolute atomic E-state index is 0.469. The van der Waals surface area contributed by atoms with Gasteiger partial charge in [-0.05, 0) is 24.5 Å². The average molecular weight is 221 g/mol. The van der Waals surface area contributed by atoms with Crippen LogP contribution in [-0.4, -0.2) is 25.2 Å². The van der Waals surface area contributed by atoms with Gasteiger partial charge in [-0.3, -0.25) is 4.79 Å². The van der Waals surface area contributed by atoms with Gasteiger partial charge in [0.1, 0.15) is 0 Å².